The van der Waals surface area contributed by atoms with Crippen LogP contribution in [0.25, 0.3) is 0 Å². The lowest BCUT2D eigenvalue weighted by Gasteiger charge is -2.17. The standard InChI is InChI=1S/C13H20FN3O/c1-4-16-13(15-3)17-9-10(2)18-12-7-5-11(14)6-8-12/h5-8,10H,4,9H2,1-3H3,(H2,15,16,17). The van der Waals surface area contributed by atoms with Crippen molar-refractivity contribution in [2.75, 3.05) is 20.1 Å². The summed E-state index contributed by atoms with van der Waals surface area (Å²) >= 11 is 0. The molecule has 0 aliphatic rings. The zero-order valence-corrected chi connectivity index (χ0v) is 11.0. The molecule has 0 spiro atoms. The minimum Gasteiger partial charge on any atom is -0.489 e. The lowest BCUT2D eigenvalue weighted by Crippen LogP contribution is -2.41. The van der Waals surface area contributed by atoms with E-state index in [4.69, 9.17) is 4.74 Å². The van der Waals surface area contributed by atoms with Crippen LogP contribution in [0.1, 0.15) is 13.8 Å². The maximum Gasteiger partial charge on any atom is 0.191 e. The quantitative estimate of drug-likeness (QED) is 0.621. The molecule has 4 nitrogen and oxygen atoms in total. The number of hydrogen-bond donors (Lipinski definition) is 2. The molecule has 0 aliphatic heterocycles. The Labute approximate surface area is 107 Å². The number of guanidine groups is 1. The van der Waals surface area contributed by atoms with Crippen molar-refractivity contribution in [3.05, 3.63) is 30.1 Å². The molecule has 1 aromatic rings. The highest BCUT2D eigenvalue weighted by molar-refractivity contribution is 5.79. The van der Waals surface area contributed by atoms with E-state index in [0.29, 0.717) is 12.3 Å². The molecule has 2 N–H and O–H groups in total. The first-order valence-electron chi connectivity index (χ1n) is 6.02. The number of rotatable bonds is 5. The van der Waals surface area contributed by atoms with Gasteiger partial charge in [0.2, 0.25) is 0 Å². The molecule has 1 rings (SSSR count). The van der Waals surface area contributed by atoms with E-state index in [2.05, 4.69) is 15.6 Å². The lowest BCUT2D eigenvalue weighted by molar-refractivity contribution is 0.223. The molecule has 5 heteroatoms. The van der Waals surface area contributed by atoms with Crippen molar-refractivity contribution in [2.45, 2.75) is 20.0 Å². The van der Waals surface area contributed by atoms with Crippen LogP contribution in [-0.2, 0) is 0 Å². The third kappa shape index (κ3) is 5.03. The Morgan fingerprint density at radius 2 is 2.00 bits per heavy atom. The predicted molar refractivity (Wildman–Crippen MR) is 71.5 cm³/mol. The highest BCUT2D eigenvalue weighted by Crippen LogP contribution is 2.12. The summed E-state index contributed by atoms with van der Waals surface area (Å²) in [7, 11) is 1.72. The van der Waals surface area contributed by atoms with Crippen LogP contribution in [0.2, 0.25) is 0 Å². The largest absolute Gasteiger partial charge is 0.489 e. The van der Waals surface area contributed by atoms with E-state index in [-0.39, 0.29) is 11.9 Å². The van der Waals surface area contributed by atoms with Crippen LogP contribution in [-0.4, -0.2) is 32.2 Å². The summed E-state index contributed by atoms with van der Waals surface area (Å²) in [5, 5.41) is 6.23. The molecule has 0 aromatic heterocycles. The Morgan fingerprint density at radius 1 is 1.33 bits per heavy atom. The highest BCUT2D eigenvalue weighted by atomic mass is 19.1. The number of nitrogens with one attached hydrogen (secondary N) is 2. The molecule has 0 saturated heterocycles. The van der Waals surface area contributed by atoms with Gasteiger partial charge in [-0.05, 0) is 38.1 Å². The van der Waals surface area contributed by atoms with E-state index in [1.54, 1.807) is 19.2 Å². The number of aliphatic imine (C=N–C) groups is 1. The van der Waals surface area contributed by atoms with Gasteiger partial charge in [0.25, 0.3) is 0 Å². The predicted octanol–water partition coefficient (Wildman–Crippen LogP) is 1.78. The topological polar surface area (TPSA) is 45.7 Å². The third-order valence-corrected chi connectivity index (χ3v) is 2.28. The molecule has 1 unspecified atom stereocenters. The number of ether oxygens (including phenoxy) is 1. The zero-order valence-electron chi connectivity index (χ0n) is 11.0. The molecule has 0 aliphatic carbocycles. The average molecular weight is 253 g/mol. The van der Waals surface area contributed by atoms with Crippen LogP contribution >= 0.6 is 0 Å². The van der Waals surface area contributed by atoms with Crippen molar-refractivity contribution in [3.63, 3.8) is 0 Å². The molecule has 100 valence electrons. The van der Waals surface area contributed by atoms with Gasteiger partial charge in [0.1, 0.15) is 17.7 Å². The van der Waals surface area contributed by atoms with Crippen molar-refractivity contribution >= 4 is 5.96 Å². The Morgan fingerprint density at radius 3 is 2.56 bits per heavy atom. The first-order valence-corrected chi connectivity index (χ1v) is 6.02. The van der Waals surface area contributed by atoms with Crippen LogP contribution in [0, 0.1) is 5.82 Å². The van der Waals surface area contributed by atoms with Gasteiger partial charge >= 0.3 is 0 Å². The van der Waals surface area contributed by atoms with Crippen LogP contribution in [0.5, 0.6) is 5.75 Å². The van der Waals surface area contributed by atoms with E-state index in [0.717, 1.165) is 12.5 Å². The number of hydrogen-bond acceptors (Lipinski definition) is 2. The van der Waals surface area contributed by atoms with Crippen molar-refractivity contribution < 1.29 is 9.13 Å². The summed E-state index contributed by atoms with van der Waals surface area (Å²) in [4.78, 5) is 4.06. The maximum absolute atomic E-state index is 12.7. The second-order valence-corrected chi connectivity index (χ2v) is 3.87. The Kier molecular flexibility index (Phi) is 5.97. The summed E-state index contributed by atoms with van der Waals surface area (Å²) in [6.45, 7) is 5.38. The fraction of sp³-hybridized carbons (Fsp3) is 0.462. The third-order valence-electron chi connectivity index (χ3n) is 2.28. The van der Waals surface area contributed by atoms with Crippen molar-refractivity contribution in [3.8, 4) is 5.75 Å². The molecule has 1 atom stereocenters. The van der Waals surface area contributed by atoms with Crippen LogP contribution in [0.15, 0.2) is 29.3 Å². The van der Waals surface area contributed by atoms with Gasteiger partial charge in [-0.2, -0.15) is 0 Å². The van der Waals surface area contributed by atoms with E-state index in [1.165, 1.54) is 12.1 Å². The molecule has 18 heavy (non-hydrogen) atoms. The SMILES string of the molecule is CCNC(=NC)NCC(C)Oc1ccc(F)cc1. The first kappa shape index (κ1) is 14.3. The molecule has 0 heterocycles. The summed E-state index contributed by atoms with van der Waals surface area (Å²) in [6.07, 6.45) is -0.0362. The van der Waals surface area contributed by atoms with E-state index in [1.807, 2.05) is 13.8 Å². The van der Waals surface area contributed by atoms with Crippen molar-refractivity contribution in [1.29, 1.82) is 0 Å². The number of halogens is 1. The fourth-order valence-electron chi connectivity index (χ4n) is 1.42. The normalized spacial score (nSPS) is 13.0. The van der Waals surface area contributed by atoms with E-state index in [9.17, 15) is 4.39 Å². The maximum atomic E-state index is 12.7. The average Bonchev–Trinajstić information content (AvgIpc) is 2.37. The Bertz CT molecular complexity index is 378. The molecule has 0 radical (unpaired) electrons. The monoisotopic (exact) mass is 253 g/mol. The van der Waals surface area contributed by atoms with Crippen molar-refractivity contribution in [1.82, 2.24) is 10.6 Å². The first-order chi connectivity index (χ1) is 8.65. The Hall–Kier alpha value is -1.78. The second kappa shape index (κ2) is 7.53. The van der Waals surface area contributed by atoms with Gasteiger partial charge in [-0.1, -0.05) is 0 Å². The molecular formula is C13H20FN3O. The number of benzene rings is 1. The van der Waals surface area contributed by atoms with E-state index >= 15 is 0 Å². The lowest BCUT2D eigenvalue weighted by atomic mass is 10.3. The van der Waals surface area contributed by atoms with Crippen LogP contribution in [0.3, 0.4) is 0 Å². The summed E-state index contributed by atoms with van der Waals surface area (Å²) in [5.41, 5.74) is 0. The molecule has 0 amide bonds. The van der Waals surface area contributed by atoms with Gasteiger partial charge in [0.15, 0.2) is 5.96 Å². The summed E-state index contributed by atoms with van der Waals surface area (Å²) in [6, 6.07) is 6.00. The van der Waals surface area contributed by atoms with Gasteiger partial charge in [0, 0.05) is 13.6 Å². The van der Waals surface area contributed by atoms with Crippen LogP contribution in [0.4, 0.5) is 4.39 Å². The van der Waals surface area contributed by atoms with Gasteiger partial charge in [-0.25, -0.2) is 4.39 Å². The van der Waals surface area contributed by atoms with Crippen molar-refractivity contribution in [2.24, 2.45) is 4.99 Å². The highest BCUT2D eigenvalue weighted by Gasteiger charge is 2.05. The molecule has 0 bridgehead atoms. The van der Waals surface area contributed by atoms with E-state index < -0.39 is 0 Å². The van der Waals surface area contributed by atoms with Gasteiger partial charge < -0.3 is 15.4 Å². The second-order valence-electron chi connectivity index (χ2n) is 3.87. The molecule has 0 fully saturated rings. The van der Waals surface area contributed by atoms with Gasteiger partial charge in [-0.3, -0.25) is 4.99 Å². The fourth-order valence-corrected chi connectivity index (χ4v) is 1.42. The van der Waals surface area contributed by atoms with Gasteiger partial charge in [-0.15, -0.1) is 0 Å². The Balaban J connectivity index is 2.37. The van der Waals surface area contributed by atoms with Crippen LogP contribution < -0.4 is 15.4 Å². The minimum atomic E-state index is -0.263. The zero-order chi connectivity index (χ0) is 13.4. The summed E-state index contributed by atoms with van der Waals surface area (Å²) < 4.78 is 18.3. The minimum absolute atomic E-state index is 0.0362. The molecular weight excluding hydrogens is 233 g/mol. The molecule has 0 saturated carbocycles. The summed E-state index contributed by atoms with van der Waals surface area (Å²) in [5.74, 6) is 1.14. The van der Waals surface area contributed by atoms with Gasteiger partial charge in [0.05, 0.1) is 6.54 Å². The number of nitrogens with zero attached hydrogens (tertiary/aromatic N) is 1. The smallest absolute Gasteiger partial charge is 0.191 e. The molecule has 1 aromatic carbocycles.